The largest absolute Gasteiger partial charge is 0.435 e. The van der Waals surface area contributed by atoms with Crippen LogP contribution in [-0.2, 0) is 6.18 Å². The van der Waals surface area contributed by atoms with Gasteiger partial charge in [0.25, 0.3) is 0 Å². The minimum atomic E-state index is -4.50. The Bertz CT molecular complexity index is 642. The first-order valence-electron chi connectivity index (χ1n) is 6.07. The number of hydrogen-bond donors (Lipinski definition) is 1. The molecule has 0 aliphatic carbocycles. The lowest BCUT2D eigenvalue weighted by Gasteiger charge is -2.15. The number of aromatic nitrogens is 2. The molecule has 1 aromatic carbocycles. The molecule has 1 heterocycles. The lowest BCUT2D eigenvalue weighted by molar-refractivity contribution is -0.141. The third-order valence-electron chi connectivity index (χ3n) is 2.86. The van der Waals surface area contributed by atoms with Crippen molar-refractivity contribution in [1.82, 2.24) is 10.2 Å². The van der Waals surface area contributed by atoms with Crippen LogP contribution >= 0.6 is 0 Å². The maximum absolute atomic E-state index is 12.4. The zero-order valence-electron chi connectivity index (χ0n) is 11.0. The van der Waals surface area contributed by atoms with E-state index < -0.39 is 11.9 Å². The number of halogens is 3. The minimum absolute atomic E-state index is 0.177. The molecule has 0 radical (unpaired) electrons. The van der Waals surface area contributed by atoms with Gasteiger partial charge in [0.2, 0.25) is 0 Å². The van der Waals surface area contributed by atoms with Crippen molar-refractivity contribution in [2.24, 2.45) is 0 Å². The average Bonchev–Trinajstić information content (AvgIpc) is 2.47. The van der Waals surface area contributed by atoms with E-state index in [1.807, 2.05) is 13.0 Å². The van der Waals surface area contributed by atoms with Crippen LogP contribution in [0.25, 0.3) is 0 Å². The molecular formula is C14H11F3N4. The standard InChI is InChI=1S/C14H11F3N4/c1-9(11-4-2-10(8-18)3-5-11)19-13-7-6-12(20-21-13)14(15,16)17/h2-7,9H,1H3,(H,19,21). The fourth-order valence-electron chi connectivity index (χ4n) is 1.71. The molecule has 2 aromatic rings. The normalized spacial score (nSPS) is 12.5. The third-order valence-corrected chi connectivity index (χ3v) is 2.86. The molecule has 1 N–H and O–H groups in total. The van der Waals surface area contributed by atoms with E-state index in [-0.39, 0.29) is 11.9 Å². The summed E-state index contributed by atoms with van der Waals surface area (Å²) in [5.74, 6) is 0.250. The lowest BCUT2D eigenvalue weighted by atomic mass is 10.1. The zero-order valence-corrected chi connectivity index (χ0v) is 11.0. The summed E-state index contributed by atoms with van der Waals surface area (Å²) in [7, 11) is 0. The molecule has 0 spiro atoms. The van der Waals surface area contributed by atoms with E-state index >= 15 is 0 Å². The summed E-state index contributed by atoms with van der Waals surface area (Å²) < 4.78 is 37.1. The molecule has 0 bridgehead atoms. The summed E-state index contributed by atoms with van der Waals surface area (Å²) in [6.45, 7) is 1.83. The van der Waals surface area contributed by atoms with Gasteiger partial charge < -0.3 is 5.32 Å². The maximum atomic E-state index is 12.4. The van der Waals surface area contributed by atoms with Gasteiger partial charge in [-0.25, -0.2) is 0 Å². The van der Waals surface area contributed by atoms with Crippen molar-refractivity contribution in [1.29, 1.82) is 5.26 Å². The highest BCUT2D eigenvalue weighted by Crippen LogP contribution is 2.27. The molecule has 0 aliphatic heterocycles. The highest BCUT2D eigenvalue weighted by Gasteiger charge is 2.32. The molecule has 1 aromatic heterocycles. The van der Waals surface area contributed by atoms with E-state index in [0.29, 0.717) is 5.56 Å². The van der Waals surface area contributed by atoms with E-state index in [4.69, 9.17) is 5.26 Å². The fraction of sp³-hybridized carbons (Fsp3) is 0.214. The number of alkyl halides is 3. The van der Waals surface area contributed by atoms with Crippen molar-refractivity contribution < 1.29 is 13.2 Å². The maximum Gasteiger partial charge on any atom is 0.435 e. The molecule has 21 heavy (non-hydrogen) atoms. The van der Waals surface area contributed by atoms with Crippen LogP contribution in [-0.4, -0.2) is 10.2 Å². The first kappa shape index (κ1) is 14.8. The molecule has 4 nitrogen and oxygen atoms in total. The van der Waals surface area contributed by atoms with Crippen molar-refractivity contribution in [3.8, 4) is 6.07 Å². The summed E-state index contributed by atoms with van der Waals surface area (Å²) in [5, 5.41) is 18.3. The van der Waals surface area contributed by atoms with Crippen LogP contribution in [0.5, 0.6) is 0 Å². The molecule has 7 heteroatoms. The monoisotopic (exact) mass is 292 g/mol. The number of rotatable bonds is 3. The zero-order chi connectivity index (χ0) is 15.5. The van der Waals surface area contributed by atoms with Gasteiger partial charge in [-0.3, -0.25) is 0 Å². The third kappa shape index (κ3) is 3.69. The quantitative estimate of drug-likeness (QED) is 0.940. The van der Waals surface area contributed by atoms with Crippen molar-refractivity contribution in [2.45, 2.75) is 19.1 Å². The average molecular weight is 292 g/mol. The molecule has 0 fully saturated rings. The van der Waals surface area contributed by atoms with E-state index in [1.54, 1.807) is 24.3 Å². The van der Waals surface area contributed by atoms with Crippen LogP contribution in [0.2, 0.25) is 0 Å². The molecule has 1 atom stereocenters. The molecule has 0 saturated carbocycles. The Morgan fingerprint density at radius 1 is 1.10 bits per heavy atom. The Balaban J connectivity index is 2.08. The predicted octanol–water partition coefficient (Wildman–Crippen LogP) is 3.54. The van der Waals surface area contributed by atoms with Crippen LogP contribution in [0.1, 0.15) is 29.8 Å². The van der Waals surface area contributed by atoms with Gasteiger partial charge in [0, 0.05) is 6.04 Å². The van der Waals surface area contributed by atoms with E-state index in [1.165, 1.54) is 6.07 Å². The first-order valence-corrected chi connectivity index (χ1v) is 6.07. The SMILES string of the molecule is CC(Nc1ccc(C(F)(F)F)nn1)c1ccc(C#N)cc1. The molecule has 2 rings (SSSR count). The lowest BCUT2D eigenvalue weighted by Crippen LogP contribution is -2.12. The van der Waals surface area contributed by atoms with Crippen LogP contribution < -0.4 is 5.32 Å². The van der Waals surface area contributed by atoms with Gasteiger partial charge in [-0.05, 0) is 36.8 Å². The Labute approximate surface area is 119 Å². The van der Waals surface area contributed by atoms with E-state index in [9.17, 15) is 13.2 Å². The van der Waals surface area contributed by atoms with Gasteiger partial charge in [-0.2, -0.15) is 18.4 Å². The topological polar surface area (TPSA) is 61.6 Å². The first-order chi connectivity index (χ1) is 9.90. The molecule has 0 aliphatic rings. The van der Waals surface area contributed by atoms with Crippen molar-refractivity contribution >= 4 is 5.82 Å². The Hall–Kier alpha value is -2.62. The molecule has 0 saturated heterocycles. The number of nitriles is 1. The molecular weight excluding hydrogens is 281 g/mol. The summed E-state index contributed by atoms with van der Waals surface area (Å²) in [6.07, 6.45) is -4.50. The second-order valence-electron chi connectivity index (χ2n) is 4.40. The summed E-state index contributed by atoms with van der Waals surface area (Å²) in [6, 6.07) is 10.8. The summed E-state index contributed by atoms with van der Waals surface area (Å²) >= 11 is 0. The van der Waals surface area contributed by atoms with Gasteiger partial charge in [-0.15, -0.1) is 10.2 Å². The fourth-order valence-corrected chi connectivity index (χ4v) is 1.71. The van der Waals surface area contributed by atoms with Crippen LogP contribution in [0.15, 0.2) is 36.4 Å². The van der Waals surface area contributed by atoms with Crippen molar-refractivity contribution in [2.75, 3.05) is 5.32 Å². The van der Waals surface area contributed by atoms with Gasteiger partial charge in [-0.1, -0.05) is 12.1 Å². The van der Waals surface area contributed by atoms with Gasteiger partial charge in [0.1, 0.15) is 5.82 Å². The molecule has 0 amide bonds. The van der Waals surface area contributed by atoms with Crippen LogP contribution in [0.4, 0.5) is 19.0 Å². The Morgan fingerprint density at radius 3 is 2.24 bits per heavy atom. The second-order valence-corrected chi connectivity index (χ2v) is 4.40. The Morgan fingerprint density at radius 2 is 1.76 bits per heavy atom. The van der Waals surface area contributed by atoms with E-state index in [2.05, 4.69) is 15.5 Å². The van der Waals surface area contributed by atoms with Gasteiger partial charge >= 0.3 is 6.18 Å². The van der Waals surface area contributed by atoms with Crippen molar-refractivity contribution in [3.63, 3.8) is 0 Å². The predicted molar refractivity (Wildman–Crippen MR) is 70.2 cm³/mol. The molecule has 1 unspecified atom stereocenters. The highest BCUT2D eigenvalue weighted by atomic mass is 19.4. The number of hydrogen-bond acceptors (Lipinski definition) is 4. The van der Waals surface area contributed by atoms with Crippen LogP contribution in [0.3, 0.4) is 0 Å². The van der Waals surface area contributed by atoms with Crippen molar-refractivity contribution in [3.05, 3.63) is 53.2 Å². The second kappa shape index (κ2) is 5.79. The number of nitrogens with one attached hydrogen (secondary N) is 1. The van der Waals surface area contributed by atoms with Crippen LogP contribution in [0, 0.1) is 11.3 Å². The number of nitrogens with zero attached hydrogens (tertiary/aromatic N) is 3. The minimum Gasteiger partial charge on any atom is -0.362 e. The highest BCUT2D eigenvalue weighted by molar-refractivity contribution is 5.39. The number of anilines is 1. The molecule has 108 valence electrons. The van der Waals surface area contributed by atoms with Gasteiger partial charge in [0.05, 0.1) is 11.6 Å². The van der Waals surface area contributed by atoms with Gasteiger partial charge in [0.15, 0.2) is 5.69 Å². The Kier molecular flexibility index (Phi) is 4.08. The summed E-state index contributed by atoms with van der Waals surface area (Å²) in [5.41, 5.74) is 0.398. The summed E-state index contributed by atoms with van der Waals surface area (Å²) in [4.78, 5) is 0. The van der Waals surface area contributed by atoms with E-state index in [0.717, 1.165) is 11.6 Å². The smallest absolute Gasteiger partial charge is 0.362 e. The number of benzene rings is 1.